The highest BCUT2D eigenvalue weighted by atomic mass is 35.5. The highest BCUT2D eigenvalue weighted by Crippen LogP contribution is 2.23. The van der Waals surface area contributed by atoms with Crippen LogP contribution in [0, 0.1) is 5.82 Å². The number of hydrogen-bond donors (Lipinski definition) is 3. The lowest BCUT2D eigenvalue weighted by Crippen LogP contribution is -2.27. The van der Waals surface area contributed by atoms with Gasteiger partial charge >= 0.3 is 0 Å². The number of aliphatic hydroxyl groups is 1. The van der Waals surface area contributed by atoms with Crippen molar-refractivity contribution in [1.82, 2.24) is 15.1 Å². The van der Waals surface area contributed by atoms with E-state index in [1.54, 1.807) is 25.2 Å². The molecule has 0 aliphatic carbocycles. The van der Waals surface area contributed by atoms with E-state index in [0.29, 0.717) is 48.5 Å². The van der Waals surface area contributed by atoms with Crippen molar-refractivity contribution in [2.24, 2.45) is 7.05 Å². The Morgan fingerprint density at radius 3 is 2.58 bits per heavy atom. The first-order valence-electron chi connectivity index (χ1n) is 10.2. The average Bonchev–Trinajstić information content (AvgIpc) is 3.12. The number of nitrogens with one attached hydrogen (secondary N) is 2. The molecule has 0 spiro atoms. The topological polar surface area (TPSA) is 115 Å². The number of rotatable bonds is 11. The van der Waals surface area contributed by atoms with E-state index in [0.717, 1.165) is 0 Å². The minimum absolute atomic E-state index is 0.0358. The average molecular weight is 479 g/mol. The van der Waals surface area contributed by atoms with Crippen LogP contribution in [0.15, 0.2) is 36.4 Å². The van der Waals surface area contributed by atoms with Crippen LogP contribution in [-0.2, 0) is 16.5 Å². The van der Waals surface area contributed by atoms with Gasteiger partial charge in [-0.25, -0.2) is 4.39 Å². The number of carbonyl (C=O) groups excluding carboxylic acids is 2. The number of amides is 2. The molecule has 0 fully saturated rings. The maximum atomic E-state index is 13.3. The molecule has 1 heterocycles. The molecule has 2 aromatic carbocycles. The second kappa shape index (κ2) is 11.7. The second-order valence-corrected chi connectivity index (χ2v) is 7.40. The molecule has 33 heavy (non-hydrogen) atoms. The van der Waals surface area contributed by atoms with Gasteiger partial charge in [-0.05, 0) is 36.4 Å². The summed E-state index contributed by atoms with van der Waals surface area (Å²) in [6, 6.07) is 8.75. The molecule has 0 radical (unpaired) electrons. The summed E-state index contributed by atoms with van der Waals surface area (Å²) in [6.07, 6.45) is 0. The first-order chi connectivity index (χ1) is 15.9. The number of fused-ring (bicyclic) bond motifs is 1. The quantitative estimate of drug-likeness (QED) is 0.364. The number of aromatic nitrogens is 2. The summed E-state index contributed by atoms with van der Waals surface area (Å²) < 4.78 is 25.2. The van der Waals surface area contributed by atoms with Crippen LogP contribution in [0.4, 0.5) is 10.1 Å². The zero-order valence-corrected chi connectivity index (χ0v) is 18.7. The molecule has 1 aromatic heterocycles. The van der Waals surface area contributed by atoms with E-state index in [1.807, 2.05) is 0 Å². The number of ether oxygens (including phenoxy) is 2. The van der Waals surface area contributed by atoms with E-state index in [4.69, 9.17) is 26.2 Å². The minimum Gasteiger partial charge on any atom is -0.394 e. The maximum Gasteiger partial charge on any atom is 0.274 e. The van der Waals surface area contributed by atoms with E-state index in [2.05, 4.69) is 15.7 Å². The van der Waals surface area contributed by atoms with E-state index in [1.165, 1.54) is 22.9 Å². The third-order valence-electron chi connectivity index (χ3n) is 4.63. The maximum absolute atomic E-state index is 13.3. The van der Waals surface area contributed by atoms with Gasteiger partial charge in [-0.15, -0.1) is 0 Å². The van der Waals surface area contributed by atoms with Crippen molar-refractivity contribution in [2.75, 3.05) is 44.9 Å². The molecule has 0 unspecified atom stereocenters. The molecule has 11 heteroatoms. The van der Waals surface area contributed by atoms with E-state index < -0.39 is 11.7 Å². The molecule has 0 aliphatic rings. The van der Waals surface area contributed by atoms with Crippen molar-refractivity contribution in [2.45, 2.75) is 0 Å². The van der Waals surface area contributed by atoms with Crippen LogP contribution in [0.5, 0.6) is 0 Å². The number of benzene rings is 2. The summed E-state index contributed by atoms with van der Waals surface area (Å²) in [6.45, 7) is 1.59. The van der Waals surface area contributed by atoms with Gasteiger partial charge in [0.1, 0.15) is 11.5 Å². The lowest BCUT2D eigenvalue weighted by Gasteiger charge is -2.08. The largest absolute Gasteiger partial charge is 0.394 e. The van der Waals surface area contributed by atoms with Gasteiger partial charge in [0.25, 0.3) is 11.8 Å². The third kappa shape index (κ3) is 6.48. The van der Waals surface area contributed by atoms with Crippen molar-refractivity contribution in [1.29, 1.82) is 0 Å². The van der Waals surface area contributed by atoms with Crippen LogP contribution < -0.4 is 10.6 Å². The third-order valence-corrected chi connectivity index (χ3v) is 4.92. The Morgan fingerprint density at radius 2 is 1.85 bits per heavy atom. The predicted octanol–water partition coefficient (Wildman–Crippen LogP) is 2.37. The Bertz CT molecular complexity index is 1140. The van der Waals surface area contributed by atoms with E-state index in [9.17, 15) is 14.0 Å². The normalized spacial score (nSPS) is 11.0. The van der Waals surface area contributed by atoms with Crippen LogP contribution in [0.3, 0.4) is 0 Å². The van der Waals surface area contributed by atoms with Gasteiger partial charge in [0.15, 0.2) is 0 Å². The van der Waals surface area contributed by atoms with Gasteiger partial charge in [0.2, 0.25) is 0 Å². The fourth-order valence-corrected chi connectivity index (χ4v) is 3.28. The molecule has 3 rings (SSSR count). The summed E-state index contributed by atoms with van der Waals surface area (Å²) in [4.78, 5) is 25.2. The number of anilines is 1. The van der Waals surface area contributed by atoms with Crippen molar-refractivity contribution in [3.05, 3.63) is 58.5 Å². The standard InChI is InChI=1S/C22H24ClFN4O5/c1-28-20(22(31)26-15-3-5-18(24)17(23)13-15)16-4-2-14(12-19(16)27-28)21(30)25-6-8-32-10-11-33-9-7-29/h2-5,12-13,29H,6-11H2,1H3,(H,25,30)(H,26,31). The molecule has 0 saturated carbocycles. The molecule has 3 N–H and O–H groups in total. The number of nitrogens with zero attached hydrogens (tertiary/aromatic N) is 2. The van der Waals surface area contributed by atoms with Gasteiger partial charge in [0, 0.05) is 30.2 Å². The van der Waals surface area contributed by atoms with Crippen molar-refractivity contribution < 1.29 is 28.6 Å². The lowest BCUT2D eigenvalue weighted by atomic mass is 10.1. The van der Waals surface area contributed by atoms with Gasteiger partial charge < -0.3 is 25.2 Å². The summed E-state index contributed by atoms with van der Waals surface area (Å²) >= 11 is 5.77. The van der Waals surface area contributed by atoms with Crippen molar-refractivity contribution >= 4 is 40.0 Å². The molecule has 0 atom stereocenters. The zero-order valence-electron chi connectivity index (χ0n) is 17.9. The van der Waals surface area contributed by atoms with Crippen LogP contribution in [-0.4, -0.2) is 66.3 Å². The molecule has 3 aromatic rings. The Kier molecular flexibility index (Phi) is 8.72. The Morgan fingerprint density at radius 1 is 1.09 bits per heavy atom. The molecule has 0 bridgehead atoms. The van der Waals surface area contributed by atoms with Crippen molar-refractivity contribution in [3.8, 4) is 0 Å². The highest BCUT2D eigenvalue weighted by Gasteiger charge is 2.18. The monoisotopic (exact) mass is 478 g/mol. The molecular weight excluding hydrogens is 455 g/mol. The fourth-order valence-electron chi connectivity index (χ4n) is 3.10. The van der Waals surface area contributed by atoms with Gasteiger partial charge in [-0.2, -0.15) is 5.10 Å². The first-order valence-corrected chi connectivity index (χ1v) is 10.6. The van der Waals surface area contributed by atoms with Gasteiger partial charge in [0.05, 0.1) is 43.6 Å². The molecule has 0 aliphatic heterocycles. The molecule has 176 valence electrons. The summed E-state index contributed by atoms with van der Waals surface area (Å²) in [7, 11) is 1.62. The van der Waals surface area contributed by atoms with Crippen molar-refractivity contribution in [3.63, 3.8) is 0 Å². The summed E-state index contributed by atoms with van der Waals surface area (Å²) in [5, 5.41) is 18.8. The smallest absolute Gasteiger partial charge is 0.274 e. The molecule has 2 amide bonds. The zero-order chi connectivity index (χ0) is 23.8. The Balaban J connectivity index is 1.60. The number of aliphatic hydroxyl groups excluding tert-OH is 1. The second-order valence-electron chi connectivity index (χ2n) is 6.99. The molecule has 0 saturated heterocycles. The Hall–Kier alpha value is -3.05. The summed E-state index contributed by atoms with van der Waals surface area (Å²) in [5.41, 5.74) is 1.50. The fraction of sp³-hybridized carbons (Fsp3) is 0.318. The predicted molar refractivity (Wildman–Crippen MR) is 121 cm³/mol. The number of aryl methyl sites for hydroxylation is 1. The summed E-state index contributed by atoms with van der Waals surface area (Å²) in [5.74, 6) is -1.32. The minimum atomic E-state index is -0.579. The van der Waals surface area contributed by atoms with Crippen LogP contribution >= 0.6 is 11.6 Å². The molecular formula is C22H24ClFN4O5. The van der Waals surface area contributed by atoms with Crippen LogP contribution in [0.2, 0.25) is 5.02 Å². The number of halogens is 2. The Labute approximate surface area is 194 Å². The van der Waals surface area contributed by atoms with Gasteiger partial charge in [-0.1, -0.05) is 11.6 Å². The van der Waals surface area contributed by atoms with Gasteiger partial charge in [-0.3, -0.25) is 14.3 Å². The SMILES string of the molecule is Cn1nc2cc(C(=O)NCCOCCOCCO)ccc2c1C(=O)Nc1ccc(F)c(Cl)c1. The van der Waals surface area contributed by atoms with Crippen LogP contribution in [0.25, 0.3) is 10.9 Å². The number of hydrogen-bond acceptors (Lipinski definition) is 6. The molecule has 9 nitrogen and oxygen atoms in total. The highest BCUT2D eigenvalue weighted by molar-refractivity contribution is 6.31. The lowest BCUT2D eigenvalue weighted by molar-refractivity contribution is 0.0338. The van der Waals surface area contributed by atoms with E-state index >= 15 is 0 Å². The van der Waals surface area contributed by atoms with E-state index in [-0.39, 0.29) is 29.8 Å². The number of carbonyl (C=O) groups is 2. The van der Waals surface area contributed by atoms with Crippen LogP contribution in [0.1, 0.15) is 20.8 Å². The first kappa shape index (κ1) is 24.6.